The summed E-state index contributed by atoms with van der Waals surface area (Å²) in [5.41, 5.74) is 3.63. The molecule has 0 aliphatic carbocycles. The summed E-state index contributed by atoms with van der Waals surface area (Å²) in [6, 6.07) is 0. The summed E-state index contributed by atoms with van der Waals surface area (Å²) in [6.45, 7) is 2.94. The van der Waals surface area contributed by atoms with E-state index in [9.17, 15) is 0 Å². The molecule has 0 aliphatic heterocycles. The number of hydrogen-bond acceptors (Lipinski definition) is 6. The molecule has 0 aliphatic rings. The molecule has 0 spiro atoms. The van der Waals surface area contributed by atoms with Gasteiger partial charge in [-0.1, -0.05) is 11.6 Å². The first kappa shape index (κ1) is 14.4. The molecule has 0 radical (unpaired) electrons. The maximum atomic E-state index is 6.12. The summed E-state index contributed by atoms with van der Waals surface area (Å²) >= 11 is 7.77. The Kier molecular flexibility index (Phi) is 4.14. The van der Waals surface area contributed by atoms with Crippen LogP contribution in [-0.4, -0.2) is 31.3 Å². The number of halogens is 1. The molecular formula is C13H14ClN5OS. The normalized spacial score (nSPS) is 11.4. The molecule has 0 atom stereocenters. The average molecular weight is 324 g/mol. The molecule has 110 valence electrons. The maximum Gasteiger partial charge on any atom is 0.162 e. The second-order valence-corrected chi connectivity index (χ2v) is 5.90. The predicted octanol–water partition coefficient (Wildman–Crippen LogP) is 2.54. The number of nitrogens with zero attached hydrogens (tertiary/aromatic N) is 5. The van der Waals surface area contributed by atoms with Gasteiger partial charge in [-0.25, -0.2) is 15.0 Å². The molecule has 0 saturated carbocycles. The van der Waals surface area contributed by atoms with Gasteiger partial charge in [0.1, 0.15) is 11.8 Å². The van der Waals surface area contributed by atoms with Gasteiger partial charge >= 0.3 is 0 Å². The highest BCUT2D eigenvalue weighted by Crippen LogP contribution is 2.19. The minimum Gasteiger partial charge on any atom is -0.373 e. The fourth-order valence-electron chi connectivity index (χ4n) is 1.99. The van der Waals surface area contributed by atoms with Gasteiger partial charge in [0.05, 0.1) is 29.4 Å². The molecule has 6 nitrogen and oxygen atoms in total. The number of rotatable bonds is 5. The summed E-state index contributed by atoms with van der Waals surface area (Å²) in [4.78, 5) is 14.1. The molecule has 0 N–H and O–H groups in total. The van der Waals surface area contributed by atoms with Crippen LogP contribution in [0.1, 0.15) is 16.4 Å². The molecule has 0 saturated heterocycles. The maximum absolute atomic E-state index is 6.12. The molecule has 0 unspecified atom stereocenters. The zero-order chi connectivity index (χ0) is 14.8. The van der Waals surface area contributed by atoms with E-state index in [0.29, 0.717) is 29.8 Å². The number of thiazole rings is 1. The third-order valence-electron chi connectivity index (χ3n) is 3.14. The van der Waals surface area contributed by atoms with Crippen molar-refractivity contribution in [2.45, 2.75) is 20.0 Å². The van der Waals surface area contributed by atoms with E-state index in [-0.39, 0.29) is 0 Å². The van der Waals surface area contributed by atoms with Crippen LogP contribution in [0.15, 0.2) is 11.7 Å². The Hall–Kier alpha value is -1.57. The van der Waals surface area contributed by atoms with Crippen LogP contribution in [0.5, 0.6) is 0 Å². The smallest absolute Gasteiger partial charge is 0.162 e. The number of ether oxygens (including phenoxy) is 1. The molecule has 0 amide bonds. The molecule has 21 heavy (non-hydrogen) atoms. The van der Waals surface area contributed by atoms with Crippen molar-refractivity contribution in [2.24, 2.45) is 7.05 Å². The van der Waals surface area contributed by atoms with E-state index in [4.69, 9.17) is 16.3 Å². The molecule has 3 aromatic heterocycles. The predicted molar refractivity (Wildman–Crippen MR) is 81.5 cm³/mol. The van der Waals surface area contributed by atoms with Crippen LogP contribution in [0.4, 0.5) is 0 Å². The van der Waals surface area contributed by atoms with Crippen LogP contribution in [0.2, 0.25) is 5.15 Å². The van der Waals surface area contributed by atoms with E-state index in [0.717, 1.165) is 17.5 Å². The van der Waals surface area contributed by atoms with Crippen molar-refractivity contribution >= 4 is 34.0 Å². The van der Waals surface area contributed by atoms with Gasteiger partial charge in [0.15, 0.2) is 11.5 Å². The molecule has 3 rings (SSSR count). The lowest BCUT2D eigenvalue weighted by molar-refractivity contribution is 0.119. The van der Waals surface area contributed by atoms with E-state index in [1.165, 1.54) is 4.88 Å². The number of aromatic nitrogens is 5. The standard InChI is InChI=1S/C13H14ClN5OS/c1-8-10(21-7-15-8)3-4-20-6-11-17-12(14)9-5-16-19(2)13(9)18-11/h5,7H,3-4,6H2,1-2H3. The molecule has 0 aromatic carbocycles. The quantitative estimate of drug-likeness (QED) is 0.533. The Morgan fingerprint density at radius 1 is 1.38 bits per heavy atom. The van der Waals surface area contributed by atoms with Crippen molar-refractivity contribution in [1.29, 1.82) is 0 Å². The van der Waals surface area contributed by atoms with Gasteiger partial charge in [0.2, 0.25) is 0 Å². The highest BCUT2D eigenvalue weighted by molar-refractivity contribution is 7.09. The molecular weight excluding hydrogens is 310 g/mol. The lowest BCUT2D eigenvalue weighted by Crippen LogP contribution is -2.04. The van der Waals surface area contributed by atoms with Crippen molar-refractivity contribution in [2.75, 3.05) is 6.61 Å². The van der Waals surface area contributed by atoms with Crippen LogP contribution in [0, 0.1) is 6.92 Å². The summed E-state index contributed by atoms with van der Waals surface area (Å²) in [5.74, 6) is 0.567. The second kappa shape index (κ2) is 6.05. The summed E-state index contributed by atoms with van der Waals surface area (Å²) in [6.07, 6.45) is 2.51. The number of fused-ring (bicyclic) bond motifs is 1. The largest absolute Gasteiger partial charge is 0.373 e. The fraction of sp³-hybridized carbons (Fsp3) is 0.385. The summed E-state index contributed by atoms with van der Waals surface area (Å²) in [5, 5.41) is 5.28. The first-order valence-electron chi connectivity index (χ1n) is 6.46. The van der Waals surface area contributed by atoms with Crippen molar-refractivity contribution < 1.29 is 4.74 Å². The third-order valence-corrected chi connectivity index (χ3v) is 4.42. The number of aryl methyl sites for hydroxylation is 2. The van der Waals surface area contributed by atoms with Gasteiger partial charge in [-0.15, -0.1) is 11.3 Å². The molecule has 3 heterocycles. The monoisotopic (exact) mass is 323 g/mol. The Morgan fingerprint density at radius 3 is 3.00 bits per heavy atom. The average Bonchev–Trinajstić information content (AvgIpc) is 3.03. The third kappa shape index (κ3) is 3.04. The van der Waals surface area contributed by atoms with Crippen LogP contribution < -0.4 is 0 Å². The van der Waals surface area contributed by atoms with Crippen LogP contribution in [0.3, 0.4) is 0 Å². The molecule has 3 aromatic rings. The Morgan fingerprint density at radius 2 is 2.24 bits per heavy atom. The van der Waals surface area contributed by atoms with Gasteiger partial charge in [0, 0.05) is 18.3 Å². The van der Waals surface area contributed by atoms with E-state index < -0.39 is 0 Å². The Balaban J connectivity index is 1.63. The topological polar surface area (TPSA) is 65.7 Å². The minimum atomic E-state index is 0.332. The first-order valence-corrected chi connectivity index (χ1v) is 7.71. The van der Waals surface area contributed by atoms with E-state index >= 15 is 0 Å². The molecule has 0 bridgehead atoms. The van der Waals surface area contributed by atoms with Crippen LogP contribution in [-0.2, 0) is 24.8 Å². The highest BCUT2D eigenvalue weighted by Gasteiger charge is 2.10. The van der Waals surface area contributed by atoms with Gasteiger partial charge in [-0.3, -0.25) is 4.68 Å². The lowest BCUT2D eigenvalue weighted by Gasteiger charge is -2.04. The second-order valence-electron chi connectivity index (χ2n) is 4.60. The summed E-state index contributed by atoms with van der Waals surface area (Å²) in [7, 11) is 1.82. The number of hydrogen-bond donors (Lipinski definition) is 0. The fourth-order valence-corrected chi connectivity index (χ4v) is 2.98. The first-order chi connectivity index (χ1) is 10.1. The van der Waals surface area contributed by atoms with Crippen molar-refractivity contribution in [1.82, 2.24) is 24.7 Å². The minimum absolute atomic E-state index is 0.332. The highest BCUT2D eigenvalue weighted by atomic mass is 35.5. The summed E-state index contributed by atoms with van der Waals surface area (Å²) < 4.78 is 7.31. The van der Waals surface area contributed by atoms with Crippen molar-refractivity contribution in [3.05, 3.63) is 33.3 Å². The molecule has 8 heteroatoms. The van der Waals surface area contributed by atoms with Gasteiger partial charge < -0.3 is 4.74 Å². The van der Waals surface area contributed by atoms with Gasteiger partial charge in [0.25, 0.3) is 0 Å². The van der Waals surface area contributed by atoms with Gasteiger partial charge in [-0.2, -0.15) is 5.10 Å². The van der Waals surface area contributed by atoms with Gasteiger partial charge in [-0.05, 0) is 6.92 Å². The van der Waals surface area contributed by atoms with Crippen molar-refractivity contribution in [3.8, 4) is 0 Å². The zero-order valence-corrected chi connectivity index (χ0v) is 13.3. The molecule has 0 fully saturated rings. The van der Waals surface area contributed by atoms with E-state index in [1.54, 1.807) is 22.2 Å². The van der Waals surface area contributed by atoms with Crippen LogP contribution in [0.25, 0.3) is 11.0 Å². The van der Waals surface area contributed by atoms with Crippen LogP contribution >= 0.6 is 22.9 Å². The SMILES string of the molecule is Cc1ncsc1CCOCc1nc(Cl)c2cnn(C)c2n1. The lowest BCUT2D eigenvalue weighted by atomic mass is 10.3. The van der Waals surface area contributed by atoms with Crippen molar-refractivity contribution in [3.63, 3.8) is 0 Å². The van der Waals surface area contributed by atoms with E-state index in [1.807, 2.05) is 19.5 Å². The zero-order valence-electron chi connectivity index (χ0n) is 11.7. The Labute approximate surface area is 130 Å². The van der Waals surface area contributed by atoms with E-state index in [2.05, 4.69) is 20.1 Å². The Bertz CT molecular complexity index is 769.